The zero-order chi connectivity index (χ0) is 23.1. The molecule has 0 atom stereocenters. The van der Waals surface area contributed by atoms with Gasteiger partial charge in [0.25, 0.3) is 5.91 Å². The Morgan fingerprint density at radius 1 is 0.906 bits per heavy atom. The summed E-state index contributed by atoms with van der Waals surface area (Å²) in [5.74, 6) is 1.16. The number of pyridine rings is 1. The third-order valence-electron chi connectivity index (χ3n) is 4.70. The number of hydrogen-bond donors (Lipinski definition) is 2. The monoisotopic (exact) mass is 435 g/mol. The molecule has 0 aliphatic carbocycles. The summed E-state index contributed by atoms with van der Waals surface area (Å²) in [5.41, 5.74) is 3.56. The van der Waals surface area contributed by atoms with Crippen LogP contribution in [0, 0.1) is 0 Å². The molecule has 0 saturated heterocycles. The number of carbonyl (C=O) groups is 2. The van der Waals surface area contributed by atoms with Crippen molar-refractivity contribution in [3.63, 3.8) is 0 Å². The highest BCUT2D eigenvalue weighted by atomic mass is 16.5. The highest BCUT2D eigenvalue weighted by Gasteiger charge is 2.14. The fourth-order valence-electron chi connectivity index (χ4n) is 3.15. The molecule has 0 aliphatic rings. The lowest BCUT2D eigenvalue weighted by Gasteiger charge is -2.14. The molecule has 2 aromatic carbocycles. The zero-order valence-electron chi connectivity index (χ0n) is 18.4. The molecule has 0 fully saturated rings. The molecule has 0 aliphatic heterocycles. The van der Waals surface area contributed by atoms with Crippen LogP contribution in [0.1, 0.15) is 22.8 Å². The number of anilines is 1. The molecule has 3 rings (SSSR count). The normalized spacial score (nSPS) is 10.2. The van der Waals surface area contributed by atoms with Crippen LogP contribution in [-0.4, -0.2) is 38.1 Å². The molecule has 2 amide bonds. The standard InChI is InChI=1S/C24H25N3O5/c1-15(28)27-19-8-5-17(6-9-19)20-10-7-18(14-25-20)24(29)26-13-16-11-21(30-2)23(32-4)22(12-16)31-3/h5-12,14H,13H2,1-4H3,(H,26,29)(H,27,28). The highest BCUT2D eigenvalue weighted by molar-refractivity contribution is 5.94. The fraction of sp³-hybridized carbons (Fsp3) is 0.208. The number of nitrogens with one attached hydrogen (secondary N) is 2. The smallest absolute Gasteiger partial charge is 0.253 e. The minimum absolute atomic E-state index is 0.127. The van der Waals surface area contributed by atoms with Crippen molar-refractivity contribution in [1.82, 2.24) is 10.3 Å². The summed E-state index contributed by atoms with van der Waals surface area (Å²) in [6, 6.07) is 14.4. The number of carbonyl (C=O) groups excluding carboxylic acids is 2. The van der Waals surface area contributed by atoms with Crippen LogP contribution in [0.25, 0.3) is 11.3 Å². The van der Waals surface area contributed by atoms with E-state index in [2.05, 4.69) is 15.6 Å². The molecule has 0 spiro atoms. The maximum absolute atomic E-state index is 12.6. The highest BCUT2D eigenvalue weighted by Crippen LogP contribution is 2.38. The summed E-state index contributed by atoms with van der Waals surface area (Å²) in [5, 5.41) is 5.59. The first-order valence-corrected chi connectivity index (χ1v) is 9.86. The van der Waals surface area contributed by atoms with E-state index < -0.39 is 0 Å². The first-order valence-electron chi connectivity index (χ1n) is 9.86. The topological polar surface area (TPSA) is 98.8 Å². The maximum atomic E-state index is 12.6. The maximum Gasteiger partial charge on any atom is 0.253 e. The van der Waals surface area contributed by atoms with Crippen LogP contribution in [0.2, 0.25) is 0 Å². The van der Waals surface area contributed by atoms with Crippen molar-refractivity contribution in [2.75, 3.05) is 26.6 Å². The second-order valence-electron chi connectivity index (χ2n) is 6.91. The van der Waals surface area contributed by atoms with E-state index in [0.29, 0.717) is 28.5 Å². The number of hydrogen-bond acceptors (Lipinski definition) is 6. The van der Waals surface area contributed by atoms with Gasteiger partial charge in [-0.1, -0.05) is 12.1 Å². The molecule has 1 heterocycles. The minimum Gasteiger partial charge on any atom is -0.493 e. The number of nitrogens with zero attached hydrogens (tertiary/aromatic N) is 1. The zero-order valence-corrected chi connectivity index (χ0v) is 18.4. The molecule has 0 saturated carbocycles. The van der Waals surface area contributed by atoms with E-state index in [4.69, 9.17) is 14.2 Å². The molecular formula is C24H25N3O5. The quantitative estimate of drug-likeness (QED) is 0.560. The Kier molecular flexibility index (Phi) is 7.28. The van der Waals surface area contributed by atoms with Crippen LogP contribution in [-0.2, 0) is 11.3 Å². The minimum atomic E-state index is -0.251. The molecule has 8 heteroatoms. The molecule has 166 valence electrons. The summed E-state index contributed by atoms with van der Waals surface area (Å²) in [6.07, 6.45) is 1.53. The summed E-state index contributed by atoms with van der Waals surface area (Å²) >= 11 is 0. The van der Waals surface area contributed by atoms with Gasteiger partial charge in [-0.25, -0.2) is 0 Å². The lowest BCUT2D eigenvalue weighted by atomic mass is 10.1. The van der Waals surface area contributed by atoms with E-state index in [1.807, 2.05) is 12.1 Å². The van der Waals surface area contributed by atoms with Gasteiger partial charge < -0.3 is 24.8 Å². The predicted octanol–water partition coefficient (Wildman–Crippen LogP) is 3.66. The Labute approximate surface area is 186 Å². The first-order chi connectivity index (χ1) is 15.4. The van der Waals surface area contributed by atoms with Crippen molar-refractivity contribution in [2.45, 2.75) is 13.5 Å². The predicted molar refractivity (Wildman–Crippen MR) is 121 cm³/mol. The number of benzene rings is 2. The molecular weight excluding hydrogens is 410 g/mol. The van der Waals surface area contributed by atoms with Crippen LogP contribution in [0.15, 0.2) is 54.7 Å². The fourth-order valence-corrected chi connectivity index (χ4v) is 3.15. The van der Waals surface area contributed by atoms with E-state index >= 15 is 0 Å². The number of aromatic nitrogens is 1. The summed E-state index contributed by atoms with van der Waals surface area (Å²) in [4.78, 5) is 28.1. The molecule has 0 bridgehead atoms. The van der Waals surface area contributed by atoms with E-state index in [1.54, 1.807) is 50.6 Å². The number of ether oxygens (including phenoxy) is 3. The molecule has 3 aromatic rings. The van der Waals surface area contributed by atoms with Crippen LogP contribution < -0.4 is 24.8 Å². The van der Waals surface area contributed by atoms with E-state index in [0.717, 1.165) is 16.8 Å². The van der Waals surface area contributed by atoms with Gasteiger partial charge in [-0.3, -0.25) is 14.6 Å². The molecule has 32 heavy (non-hydrogen) atoms. The van der Waals surface area contributed by atoms with Crippen molar-refractivity contribution in [2.24, 2.45) is 0 Å². The average Bonchev–Trinajstić information content (AvgIpc) is 2.82. The second-order valence-corrected chi connectivity index (χ2v) is 6.91. The third kappa shape index (κ3) is 5.34. The SMILES string of the molecule is COc1cc(CNC(=O)c2ccc(-c3ccc(NC(C)=O)cc3)nc2)cc(OC)c1OC. The lowest BCUT2D eigenvalue weighted by Crippen LogP contribution is -2.23. The van der Waals surface area contributed by atoms with Gasteiger partial charge in [-0.05, 0) is 42.0 Å². The lowest BCUT2D eigenvalue weighted by molar-refractivity contribution is -0.114. The van der Waals surface area contributed by atoms with E-state index in [-0.39, 0.29) is 18.4 Å². The van der Waals surface area contributed by atoms with Gasteiger partial charge in [0, 0.05) is 30.9 Å². The largest absolute Gasteiger partial charge is 0.493 e. The van der Waals surface area contributed by atoms with Crippen LogP contribution >= 0.6 is 0 Å². The molecule has 2 N–H and O–H groups in total. The summed E-state index contributed by atoms with van der Waals surface area (Å²) in [7, 11) is 4.62. The van der Waals surface area contributed by atoms with Gasteiger partial charge in [-0.2, -0.15) is 0 Å². The van der Waals surface area contributed by atoms with Crippen molar-refractivity contribution in [3.05, 3.63) is 65.9 Å². The Balaban J connectivity index is 1.67. The molecule has 1 aromatic heterocycles. The Hall–Kier alpha value is -4.07. The first kappa shape index (κ1) is 22.6. The molecule has 0 radical (unpaired) electrons. The molecule has 0 unspecified atom stereocenters. The van der Waals surface area contributed by atoms with Crippen molar-refractivity contribution in [3.8, 4) is 28.5 Å². The van der Waals surface area contributed by atoms with E-state index in [1.165, 1.54) is 20.2 Å². The Bertz CT molecular complexity index is 1070. The third-order valence-corrected chi connectivity index (χ3v) is 4.70. The van der Waals surface area contributed by atoms with Gasteiger partial charge in [0.1, 0.15) is 0 Å². The van der Waals surface area contributed by atoms with Gasteiger partial charge in [0.2, 0.25) is 11.7 Å². The number of rotatable bonds is 8. The van der Waals surface area contributed by atoms with Crippen molar-refractivity contribution in [1.29, 1.82) is 0 Å². The number of amides is 2. The van der Waals surface area contributed by atoms with E-state index in [9.17, 15) is 9.59 Å². The molecule has 8 nitrogen and oxygen atoms in total. The Morgan fingerprint density at radius 2 is 1.56 bits per heavy atom. The van der Waals surface area contributed by atoms with Crippen molar-refractivity contribution >= 4 is 17.5 Å². The van der Waals surface area contributed by atoms with Gasteiger partial charge >= 0.3 is 0 Å². The second kappa shape index (κ2) is 10.3. The Morgan fingerprint density at radius 3 is 2.06 bits per heavy atom. The summed E-state index contributed by atoms with van der Waals surface area (Å²) < 4.78 is 16.0. The van der Waals surface area contributed by atoms with Crippen LogP contribution in [0.3, 0.4) is 0 Å². The van der Waals surface area contributed by atoms with Gasteiger partial charge in [-0.15, -0.1) is 0 Å². The summed E-state index contributed by atoms with van der Waals surface area (Å²) in [6.45, 7) is 1.74. The van der Waals surface area contributed by atoms with Gasteiger partial charge in [0.15, 0.2) is 11.5 Å². The number of methoxy groups -OCH3 is 3. The van der Waals surface area contributed by atoms with Crippen molar-refractivity contribution < 1.29 is 23.8 Å². The van der Waals surface area contributed by atoms with Crippen LogP contribution in [0.4, 0.5) is 5.69 Å². The van der Waals surface area contributed by atoms with Crippen LogP contribution in [0.5, 0.6) is 17.2 Å². The van der Waals surface area contributed by atoms with Gasteiger partial charge in [0.05, 0.1) is 32.6 Å². The average molecular weight is 435 g/mol.